The average molecular weight is 254 g/mol. The third-order valence-electron chi connectivity index (χ3n) is 2.84. The van der Waals surface area contributed by atoms with E-state index in [2.05, 4.69) is 9.97 Å². The maximum Gasteiger partial charge on any atom is 0.359 e. The standard InChI is InChI=1S/C13H10N4O2/c1-16-8-14-12-11(13(16)18)15-10(7-17(12)19)9-5-3-2-4-6-9/h2-8H,1H3. The SMILES string of the molecule is Cn1cnc2c(nc(-c3ccccc3)c[n+]2[O-])c1=O. The molecule has 0 amide bonds. The first-order valence-electron chi connectivity index (χ1n) is 5.68. The Labute approximate surface area is 108 Å². The minimum atomic E-state index is -0.340. The number of hydrogen-bond acceptors (Lipinski definition) is 4. The quantitative estimate of drug-likeness (QED) is 0.471. The van der Waals surface area contributed by atoms with Crippen molar-refractivity contribution in [3.05, 3.63) is 58.4 Å². The summed E-state index contributed by atoms with van der Waals surface area (Å²) in [7, 11) is 1.57. The van der Waals surface area contributed by atoms with Gasteiger partial charge in [-0.25, -0.2) is 9.71 Å². The van der Waals surface area contributed by atoms with E-state index in [-0.39, 0.29) is 16.7 Å². The smallest absolute Gasteiger partial charge is 0.359 e. The van der Waals surface area contributed by atoms with Crippen molar-refractivity contribution in [3.8, 4) is 11.3 Å². The van der Waals surface area contributed by atoms with Crippen LogP contribution in [0.1, 0.15) is 0 Å². The third kappa shape index (κ3) is 1.83. The van der Waals surface area contributed by atoms with Gasteiger partial charge in [-0.05, 0) is 4.98 Å². The Hall–Kier alpha value is -2.76. The van der Waals surface area contributed by atoms with Crippen LogP contribution in [-0.2, 0) is 7.05 Å². The van der Waals surface area contributed by atoms with Gasteiger partial charge >= 0.3 is 5.65 Å². The Morgan fingerprint density at radius 2 is 2.00 bits per heavy atom. The van der Waals surface area contributed by atoms with E-state index in [0.29, 0.717) is 10.4 Å². The predicted molar refractivity (Wildman–Crippen MR) is 69.2 cm³/mol. The molecule has 0 unspecified atom stereocenters. The van der Waals surface area contributed by atoms with Gasteiger partial charge in [0.25, 0.3) is 5.56 Å². The largest absolute Gasteiger partial charge is 0.710 e. The molecule has 0 spiro atoms. The van der Waals surface area contributed by atoms with E-state index in [4.69, 9.17) is 0 Å². The minimum Gasteiger partial charge on any atom is -0.710 e. The van der Waals surface area contributed by atoms with Gasteiger partial charge in [-0.3, -0.25) is 9.36 Å². The molecule has 0 saturated heterocycles. The van der Waals surface area contributed by atoms with Crippen molar-refractivity contribution in [1.29, 1.82) is 0 Å². The van der Waals surface area contributed by atoms with E-state index < -0.39 is 0 Å². The maximum atomic E-state index is 12.0. The van der Waals surface area contributed by atoms with E-state index >= 15 is 0 Å². The summed E-state index contributed by atoms with van der Waals surface area (Å²) >= 11 is 0. The van der Waals surface area contributed by atoms with Gasteiger partial charge in [0, 0.05) is 12.6 Å². The molecule has 0 radical (unpaired) electrons. The first-order valence-corrected chi connectivity index (χ1v) is 5.68. The maximum absolute atomic E-state index is 12.0. The van der Waals surface area contributed by atoms with Crippen LogP contribution in [0.3, 0.4) is 0 Å². The monoisotopic (exact) mass is 254 g/mol. The zero-order valence-corrected chi connectivity index (χ0v) is 10.1. The van der Waals surface area contributed by atoms with Gasteiger partial charge in [0.2, 0.25) is 11.8 Å². The molecule has 0 fully saturated rings. The van der Waals surface area contributed by atoms with Crippen LogP contribution in [0, 0.1) is 5.21 Å². The zero-order valence-electron chi connectivity index (χ0n) is 10.1. The van der Waals surface area contributed by atoms with Gasteiger partial charge in [0.15, 0.2) is 0 Å². The predicted octanol–water partition coefficient (Wildman–Crippen LogP) is 0.629. The molecular formula is C13H10N4O2. The Balaban J connectivity index is 2.36. The molecule has 1 aromatic carbocycles. The van der Waals surface area contributed by atoms with Gasteiger partial charge in [-0.15, -0.1) is 0 Å². The van der Waals surface area contributed by atoms with E-state index in [9.17, 15) is 10.0 Å². The lowest BCUT2D eigenvalue weighted by molar-refractivity contribution is -0.579. The number of nitrogens with zero attached hydrogens (tertiary/aromatic N) is 4. The summed E-state index contributed by atoms with van der Waals surface area (Å²) in [4.78, 5) is 20.1. The summed E-state index contributed by atoms with van der Waals surface area (Å²) in [5, 5.41) is 11.9. The molecule has 2 aromatic heterocycles. The van der Waals surface area contributed by atoms with Crippen LogP contribution in [0.15, 0.2) is 47.7 Å². The molecule has 0 aliphatic carbocycles. The fourth-order valence-corrected chi connectivity index (χ4v) is 1.85. The van der Waals surface area contributed by atoms with E-state index in [0.717, 1.165) is 5.56 Å². The molecule has 0 N–H and O–H groups in total. The fourth-order valence-electron chi connectivity index (χ4n) is 1.85. The average Bonchev–Trinajstić information content (AvgIpc) is 2.44. The molecule has 0 aliphatic rings. The van der Waals surface area contributed by atoms with Gasteiger partial charge in [0.05, 0.1) is 0 Å². The second kappa shape index (κ2) is 4.16. The third-order valence-corrected chi connectivity index (χ3v) is 2.84. The highest BCUT2D eigenvalue weighted by Gasteiger charge is 2.14. The van der Waals surface area contributed by atoms with Crippen molar-refractivity contribution in [3.63, 3.8) is 0 Å². The van der Waals surface area contributed by atoms with Crippen LogP contribution < -0.4 is 10.3 Å². The van der Waals surface area contributed by atoms with Crippen molar-refractivity contribution >= 4 is 11.2 Å². The highest BCUT2D eigenvalue weighted by molar-refractivity contribution is 5.69. The Kier molecular flexibility index (Phi) is 2.49. The minimum absolute atomic E-state index is 0.0304. The van der Waals surface area contributed by atoms with Crippen molar-refractivity contribution in [2.45, 2.75) is 0 Å². The lowest BCUT2D eigenvalue weighted by Crippen LogP contribution is -2.32. The lowest BCUT2D eigenvalue weighted by atomic mass is 10.2. The van der Waals surface area contributed by atoms with Crippen molar-refractivity contribution in [1.82, 2.24) is 14.5 Å². The molecule has 6 heteroatoms. The van der Waals surface area contributed by atoms with Crippen LogP contribution in [0.4, 0.5) is 0 Å². The number of rotatable bonds is 1. The number of aryl methyl sites for hydroxylation is 1. The summed E-state index contributed by atoms with van der Waals surface area (Å²) in [6, 6.07) is 9.22. The van der Waals surface area contributed by atoms with Crippen LogP contribution in [0.25, 0.3) is 22.4 Å². The molecule has 3 aromatic rings. The second-order valence-corrected chi connectivity index (χ2v) is 4.15. The number of benzene rings is 1. The first-order chi connectivity index (χ1) is 9.16. The van der Waals surface area contributed by atoms with Gasteiger partial charge in [-0.1, -0.05) is 30.3 Å². The molecule has 2 heterocycles. The van der Waals surface area contributed by atoms with Crippen LogP contribution in [0.2, 0.25) is 0 Å². The molecule has 0 aliphatic heterocycles. The number of aromatic nitrogens is 4. The highest BCUT2D eigenvalue weighted by atomic mass is 16.5. The first kappa shape index (κ1) is 11.3. The zero-order chi connectivity index (χ0) is 13.4. The molecule has 0 bridgehead atoms. The number of fused-ring (bicyclic) bond motifs is 1. The Morgan fingerprint density at radius 1 is 1.26 bits per heavy atom. The van der Waals surface area contributed by atoms with Crippen molar-refractivity contribution in [2.24, 2.45) is 7.05 Å². The summed E-state index contributed by atoms with van der Waals surface area (Å²) in [6.45, 7) is 0. The topological polar surface area (TPSA) is 74.7 Å². The molecule has 0 atom stereocenters. The molecule has 6 nitrogen and oxygen atoms in total. The van der Waals surface area contributed by atoms with E-state index in [1.165, 1.54) is 17.1 Å². The Morgan fingerprint density at radius 3 is 2.74 bits per heavy atom. The van der Waals surface area contributed by atoms with Crippen molar-refractivity contribution in [2.75, 3.05) is 0 Å². The molecule has 3 rings (SSSR count). The van der Waals surface area contributed by atoms with E-state index in [1.54, 1.807) is 7.05 Å². The van der Waals surface area contributed by atoms with Gasteiger partial charge in [0.1, 0.15) is 11.9 Å². The Bertz CT molecular complexity index is 812. The van der Waals surface area contributed by atoms with Crippen molar-refractivity contribution < 1.29 is 4.73 Å². The van der Waals surface area contributed by atoms with Crippen LogP contribution in [-0.4, -0.2) is 14.5 Å². The molecule has 94 valence electrons. The highest BCUT2D eigenvalue weighted by Crippen LogP contribution is 2.15. The number of hydrogen-bond donors (Lipinski definition) is 0. The van der Waals surface area contributed by atoms with Gasteiger partial charge < -0.3 is 5.21 Å². The van der Waals surface area contributed by atoms with Gasteiger partial charge in [-0.2, -0.15) is 0 Å². The lowest BCUT2D eigenvalue weighted by Gasteiger charge is -2.06. The molecule has 19 heavy (non-hydrogen) atoms. The summed E-state index contributed by atoms with van der Waals surface area (Å²) in [5.41, 5.74) is 0.990. The van der Waals surface area contributed by atoms with E-state index in [1.807, 2.05) is 30.3 Å². The normalized spacial score (nSPS) is 10.8. The summed E-state index contributed by atoms with van der Waals surface area (Å²) in [5.74, 6) is 0. The van der Waals surface area contributed by atoms with Crippen LogP contribution >= 0.6 is 0 Å². The second-order valence-electron chi connectivity index (χ2n) is 4.15. The molecular weight excluding hydrogens is 244 g/mol. The summed E-state index contributed by atoms with van der Waals surface area (Å²) < 4.78 is 1.87. The fraction of sp³-hybridized carbons (Fsp3) is 0.0769. The van der Waals surface area contributed by atoms with Crippen LogP contribution in [0.5, 0.6) is 0 Å². The molecule has 0 saturated carbocycles. The summed E-state index contributed by atoms with van der Waals surface area (Å²) in [6.07, 6.45) is 2.63.